The van der Waals surface area contributed by atoms with Crippen molar-refractivity contribution in [1.29, 1.82) is 0 Å². The molecule has 2 aromatic rings. The summed E-state index contributed by atoms with van der Waals surface area (Å²) in [6.45, 7) is 4.54. The summed E-state index contributed by atoms with van der Waals surface area (Å²) in [5, 5.41) is 2.53. The molecule has 2 aromatic carbocycles. The Balaban J connectivity index is 2.41. The van der Waals surface area contributed by atoms with Crippen molar-refractivity contribution in [2.45, 2.75) is 33.4 Å². The van der Waals surface area contributed by atoms with Crippen LogP contribution in [0.4, 0.5) is 5.69 Å². The first kappa shape index (κ1) is 25.1. The molecule has 0 aliphatic carbocycles. The number of rotatable bonds is 9. The first-order valence-corrected chi connectivity index (χ1v) is 11.9. The monoisotopic (exact) mass is 459 g/mol. The van der Waals surface area contributed by atoms with E-state index in [9.17, 15) is 22.8 Å². The van der Waals surface area contributed by atoms with Gasteiger partial charge in [0.2, 0.25) is 21.8 Å². The van der Waals surface area contributed by atoms with Crippen molar-refractivity contribution in [1.82, 2.24) is 10.2 Å². The number of benzene rings is 2. The van der Waals surface area contributed by atoms with Gasteiger partial charge in [-0.1, -0.05) is 42.0 Å². The Morgan fingerprint density at radius 3 is 2.22 bits per heavy atom. The number of nitrogens with zero attached hydrogens (tertiary/aromatic N) is 2. The standard InChI is InChI=1S/C23H29N3O5S/c1-16-9-11-19(12-10-16)14-25(17(2)23(29)24-4)22(28)15-26(32(5,30)31)21-8-6-7-20(13-21)18(3)27/h6-13,17H,14-15H2,1-5H3,(H,24,29)/t17-/m1/s1. The molecule has 0 heterocycles. The molecule has 2 rings (SSSR count). The van der Waals surface area contributed by atoms with E-state index < -0.39 is 28.5 Å². The summed E-state index contributed by atoms with van der Waals surface area (Å²) >= 11 is 0. The minimum absolute atomic E-state index is 0.138. The highest BCUT2D eigenvalue weighted by molar-refractivity contribution is 7.92. The number of aryl methyl sites for hydroxylation is 1. The average Bonchev–Trinajstić information content (AvgIpc) is 2.75. The predicted octanol–water partition coefficient (Wildman–Crippen LogP) is 2.13. The molecule has 0 aliphatic heterocycles. The maximum absolute atomic E-state index is 13.3. The van der Waals surface area contributed by atoms with Crippen molar-refractivity contribution in [2.24, 2.45) is 0 Å². The molecule has 0 bridgehead atoms. The molecule has 0 unspecified atom stereocenters. The summed E-state index contributed by atoms with van der Waals surface area (Å²) in [7, 11) is -2.37. The fourth-order valence-corrected chi connectivity index (χ4v) is 4.02. The van der Waals surface area contributed by atoms with Crippen LogP contribution in [0, 0.1) is 6.92 Å². The molecule has 172 valence electrons. The van der Waals surface area contributed by atoms with Crippen molar-refractivity contribution in [2.75, 3.05) is 24.2 Å². The highest BCUT2D eigenvalue weighted by Crippen LogP contribution is 2.21. The van der Waals surface area contributed by atoms with Crippen molar-refractivity contribution >= 4 is 33.3 Å². The first-order chi connectivity index (χ1) is 14.9. The molecule has 0 saturated heterocycles. The smallest absolute Gasteiger partial charge is 0.244 e. The predicted molar refractivity (Wildman–Crippen MR) is 124 cm³/mol. The second-order valence-electron chi connectivity index (χ2n) is 7.67. The van der Waals surface area contributed by atoms with Gasteiger partial charge in [0.1, 0.15) is 12.6 Å². The molecule has 0 spiro atoms. The summed E-state index contributed by atoms with van der Waals surface area (Å²) < 4.78 is 26.0. The molecule has 0 fully saturated rings. The van der Waals surface area contributed by atoms with Crippen LogP contribution >= 0.6 is 0 Å². The summed E-state index contributed by atoms with van der Waals surface area (Å²) in [4.78, 5) is 38.7. The summed E-state index contributed by atoms with van der Waals surface area (Å²) in [6, 6.07) is 12.8. The van der Waals surface area contributed by atoms with E-state index in [0.717, 1.165) is 21.7 Å². The number of ketones is 1. The topological polar surface area (TPSA) is 104 Å². The van der Waals surface area contributed by atoms with Crippen molar-refractivity contribution < 1.29 is 22.8 Å². The SMILES string of the molecule is CNC(=O)[C@@H](C)N(Cc1ccc(C)cc1)C(=O)CN(c1cccc(C(C)=O)c1)S(C)(=O)=O. The lowest BCUT2D eigenvalue weighted by molar-refractivity contribution is -0.139. The second kappa shape index (κ2) is 10.4. The van der Waals surface area contributed by atoms with E-state index in [2.05, 4.69) is 5.32 Å². The van der Waals surface area contributed by atoms with E-state index in [1.807, 2.05) is 31.2 Å². The Labute approximate surface area is 189 Å². The van der Waals surface area contributed by atoms with Crippen LogP contribution in [0.2, 0.25) is 0 Å². The zero-order chi connectivity index (χ0) is 24.1. The van der Waals surface area contributed by atoms with Gasteiger partial charge in [0, 0.05) is 19.2 Å². The maximum atomic E-state index is 13.3. The van der Waals surface area contributed by atoms with Crippen LogP contribution in [0.1, 0.15) is 35.3 Å². The lowest BCUT2D eigenvalue weighted by Crippen LogP contribution is -2.50. The number of hydrogen-bond acceptors (Lipinski definition) is 5. The van der Waals surface area contributed by atoms with Gasteiger partial charge < -0.3 is 10.2 Å². The Morgan fingerprint density at radius 2 is 1.69 bits per heavy atom. The number of carbonyl (C=O) groups excluding carboxylic acids is 3. The van der Waals surface area contributed by atoms with Crippen LogP contribution in [0.25, 0.3) is 0 Å². The molecular formula is C23H29N3O5S. The van der Waals surface area contributed by atoms with Crippen molar-refractivity contribution in [3.8, 4) is 0 Å². The van der Waals surface area contributed by atoms with Gasteiger partial charge in [-0.05, 0) is 38.5 Å². The normalized spacial score (nSPS) is 12.0. The fourth-order valence-electron chi connectivity index (χ4n) is 3.18. The molecule has 2 amide bonds. The third-order valence-electron chi connectivity index (χ3n) is 5.11. The second-order valence-corrected chi connectivity index (χ2v) is 9.58. The van der Waals surface area contributed by atoms with Crippen LogP contribution in [0.5, 0.6) is 0 Å². The van der Waals surface area contributed by atoms with Crippen LogP contribution in [0.15, 0.2) is 48.5 Å². The Kier molecular flexibility index (Phi) is 8.15. The minimum atomic E-state index is -3.85. The molecule has 8 nitrogen and oxygen atoms in total. The Hall–Kier alpha value is -3.20. The molecule has 9 heteroatoms. The molecule has 32 heavy (non-hydrogen) atoms. The number of hydrogen-bond donors (Lipinski definition) is 1. The van der Waals surface area contributed by atoms with E-state index in [-0.39, 0.29) is 23.9 Å². The van der Waals surface area contributed by atoms with Crippen LogP contribution in [-0.4, -0.2) is 56.8 Å². The number of likely N-dealkylation sites (N-methyl/N-ethyl adjacent to an activating group) is 1. The fraction of sp³-hybridized carbons (Fsp3) is 0.348. The number of nitrogens with one attached hydrogen (secondary N) is 1. The maximum Gasteiger partial charge on any atom is 0.244 e. The van der Waals surface area contributed by atoms with Crippen molar-refractivity contribution in [3.05, 3.63) is 65.2 Å². The van der Waals surface area contributed by atoms with E-state index in [1.54, 1.807) is 19.1 Å². The third kappa shape index (κ3) is 6.40. The van der Waals surface area contributed by atoms with Crippen molar-refractivity contribution in [3.63, 3.8) is 0 Å². The Bertz CT molecular complexity index is 1100. The lowest BCUT2D eigenvalue weighted by Gasteiger charge is -2.31. The van der Waals surface area contributed by atoms with Gasteiger partial charge >= 0.3 is 0 Å². The largest absolute Gasteiger partial charge is 0.357 e. The highest BCUT2D eigenvalue weighted by Gasteiger charge is 2.29. The number of anilines is 1. The zero-order valence-corrected chi connectivity index (χ0v) is 19.8. The third-order valence-corrected chi connectivity index (χ3v) is 6.25. The summed E-state index contributed by atoms with van der Waals surface area (Å²) in [6.07, 6.45) is 0.993. The Morgan fingerprint density at radius 1 is 1.06 bits per heavy atom. The molecule has 1 N–H and O–H groups in total. The summed E-state index contributed by atoms with van der Waals surface area (Å²) in [5.74, 6) is -1.13. The minimum Gasteiger partial charge on any atom is -0.357 e. The quantitative estimate of drug-likeness (QED) is 0.579. The summed E-state index contributed by atoms with van der Waals surface area (Å²) in [5.41, 5.74) is 2.40. The van der Waals surface area contributed by atoms with Crippen LogP contribution in [0.3, 0.4) is 0 Å². The molecule has 1 atom stereocenters. The number of Topliss-reactive ketones (excluding diaryl/α,β-unsaturated/α-hetero) is 1. The van der Waals surface area contributed by atoms with Gasteiger partial charge in [-0.3, -0.25) is 18.7 Å². The van der Waals surface area contributed by atoms with Gasteiger partial charge in [-0.2, -0.15) is 0 Å². The number of amides is 2. The zero-order valence-electron chi connectivity index (χ0n) is 19.0. The molecule has 0 aromatic heterocycles. The van der Waals surface area contributed by atoms with Gasteiger partial charge in [-0.25, -0.2) is 8.42 Å². The van der Waals surface area contributed by atoms with Gasteiger partial charge in [0.15, 0.2) is 5.78 Å². The number of sulfonamides is 1. The van der Waals surface area contributed by atoms with E-state index in [0.29, 0.717) is 5.56 Å². The molecule has 0 saturated carbocycles. The van der Waals surface area contributed by atoms with Gasteiger partial charge in [-0.15, -0.1) is 0 Å². The number of carbonyl (C=O) groups is 3. The van der Waals surface area contributed by atoms with Gasteiger partial charge in [0.05, 0.1) is 11.9 Å². The first-order valence-electron chi connectivity index (χ1n) is 10.1. The van der Waals surface area contributed by atoms with E-state index in [1.165, 1.54) is 31.0 Å². The van der Waals surface area contributed by atoms with Crippen LogP contribution in [-0.2, 0) is 26.2 Å². The molecule has 0 radical (unpaired) electrons. The average molecular weight is 460 g/mol. The van der Waals surface area contributed by atoms with E-state index >= 15 is 0 Å². The van der Waals surface area contributed by atoms with E-state index in [4.69, 9.17) is 0 Å². The lowest BCUT2D eigenvalue weighted by atomic mass is 10.1. The molecular weight excluding hydrogens is 430 g/mol. The highest BCUT2D eigenvalue weighted by atomic mass is 32.2. The van der Waals surface area contributed by atoms with Gasteiger partial charge in [0.25, 0.3) is 0 Å². The molecule has 0 aliphatic rings. The van der Waals surface area contributed by atoms with Crippen LogP contribution < -0.4 is 9.62 Å².